The van der Waals surface area contributed by atoms with E-state index in [1.165, 1.54) is 44.9 Å². The van der Waals surface area contributed by atoms with Gasteiger partial charge in [0.15, 0.2) is 0 Å². The maximum atomic E-state index is 12.5. The maximum Gasteiger partial charge on any atom is 0.220 e. The zero-order valence-electron chi connectivity index (χ0n) is 17.7. The molecule has 2 N–H and O–H groups in total. The third-order valence-corrected chi connectivity index (χ3v) is 5.76. The highest BCUT2D eigenvalue weighted by Crippen LogP contribution is 2.13. The zero-order valence-corrected chi connectivity index (χ0v) is 17.7. The maximum absolute atomic E-state index is 12.5. The lowest BCUT2D eigenvalue weighted by molar-refractivity contribution is -0.123. The summed E-state index contributed by atoms with van der Waals surface area (Å²) in [5.41, 5.74) is 1.11. The summed E-state index contributed by atoms with van der Waals surface area (Å²) in [5, 5.41) is 14.0. The van der Waals surface area contributed by atoms with Crippen LogP contribution in [0.25, 0.3) is 0 Å². The summed E-state index contributed by atoms with van der Waals surface area (Å²) in [6, 6.07) is 9.86. The van der Waals surface area contributed by atoms with Crippen molar-refractivity contribution in [3.8, 4) is 0 Å². The van der Waals surface area contributed by atoms with Crippen LogP contribution in [0.1, 0.15) is 76.7 Å². The van der Waals surface area contributed by atoms with E-state index in [1.54, 1.807) is 0 Å². The molecule has 1 aliphatic heterocycles. The summed E-state index contributed by atoms with van der Waals surface area (Å²) >= 11 is 0. The first kappa shape index (κ1) is 22.9. The highest BCUT2D eigenvalue weighted by atomic mass is 16.3. The third kappa shape index (κ3) is 9.20. The first-order chi connectivity index (χ1) is 13.7. The van der Waals surface area contributed by atoms with Gasteiger partial charge < -0.3 is 15.3 Å². The molecule has 2 rings (SSSR count). The van der Waals surface area contributed by atoms with Gasteiger partial charge in [0.1, 0.15) is 0 Å². The Morgan fingerprint density at radius 3 is 2.36 bits per heavy atom. The van der Waals surface area contributed by atoms with E-state index in [-0.39, 0.29) is 11.9 Å². The number of amides is 1. The molecule has 28 heavy (non-hydrogen) atoms. The van der Waals surface area contributed by atoms with Gasteiger partial charge in [-0.1, -0.05) is 75.8 Å². The SMILES string of the molecule is CCCCCCCCCC(=O)N[C@@H](CN1CCCC1)[C@@H](O)Cc1ccccc1. The molecule has 0 spiro atoms. The molecule has 1 saturated heterocycles. The lowest BCUT2D eigenvalue weighted by atomic mass is 10.0. The van der Waals surface area contributed by atoms with Crippen molar-refractivity contribution < 1.29 is 9.90 Å². The number of unbranched alkanes of at least 4 members (excludes halogenated alkanes) is 6. The molecule has 0 saturated carbocycles. The summed E-state index contributed by atoms with van der Waals surface area (Å²) < 4.78 is 0. The second kappa shape index (κ2) is 13.7. The molecule has 1 amide bonds. The number of aliphatic hydroxyl groups is 1. The fraction of sp³-hybridized carbons (Fsp3) is 0.708. The van der Waals surface area contributed by atoms with Crippen molar-refractivity contribution in [3.05, 3.63) is 35.9 Å². The predicted octanol–water partition coefficient (Wildman–Crippen LogP) is 4.31. The summed E-state index contributed by atoms with van der Waals surface area (Å²) in [5.74, 6) is 0.0878. The van der Waals surface area contributed by atoms with Crippen LogP contribution in [0.4, 0.5) is 0 Å². The fourth-order valence-corrected chi connectivity index (χ4v) is 4.03. The quantitative estimate of drug-likeness (QED) is 0.467. The molecule has 0 bridgehead atoms. The fourth-order valence-electron chi connectivity index (χ4n) is 4.03. The molecule has 4 nitrogen and oxygen atoms in total. The van der Waals surface area contributed by atoms with Crippen molar-refractivity contribution in [3.63, 3.8) is 0 Å². The Labute approximate surface area is 171 Å². The van der Waals surface area contributed by atoms with E-state index in [9.17, 15) is 9.90 Å². The molecule has 158 valence electrons. The Morgan fingerprint density at radius 2 is 1.68 bits per heavy atom. The molecule has 1 fully saturated rings. The van der Waals surface area contributed by atoms with Gasteiger partial charge in [0.2, 0.25) is 5.91 Å². The molecule has 0 aromatic heterocycles. The molecule has 1 heterocycles. The van der Waals surface area contributed by atoms with Gasteiger partial charge in [-0.15, -0.1) is 0 Å². The van der Waals surface area contributed by atoms with Crippen LogP contribution in [0.3, 0.4) is 0 Å². The molecule has 0 aliphatic carbocycles. The number of aliphatic hydroxyl groups excluding tert-OH is 1. The standard InChI is InChI=1S/C24H40N2O2/c1-2-3-4-5-6-7-11-16-24(28)25-22(20-26-17-12-13-18-26)23(27)19-21-14-9-8-10-15-21/h8-10,14-15,22-23,27H,2-7,11-13,16-20H2,1H3,(H,25,28)/t22-,23-/m0/s1. The van der Waals surface area contributed by atoms with Crippen LogP contribution >= 0.6 is 0 Å². The van der Waals surface area contributed by atoms with Gasteiger partial charge in [0, 0.05) is 19.4 Å². The van der Waals surface area contributed by atoms with E-state index < -0.39 is 6.10 Å². The Hall–Kier alpha value is -1.39. The number of carbonyl (C=O) groups is 1. The number of carbonyl (C=O) groups excluding carboxylic acids is 1. The molecular weight excluding hydrogens is 348 g/mol. The van der Waals surface area contributed by atoms with Gasteiger partial charge in [-0.2, -0.15) is 0 Å². The molecule has 1 aromatic rings. The minimum atomic E-state index is -0.555. The molecule has 4 heteroatoms. The van der Waals surface area contributed by atoms with Crippen LogP contribution in [0, 0.1) is 0 Å². The van der Waals surface area contributed by atoms with Crippen LogP contribution in [0.15, 0.2) is 30.3 Å². The van der Waals surface area contributed by atoms with E-state index in [1.807, 2.05) is 30.3 Å². The first-order valence-electron chi connectivity index (χ1n) is 11.4. The van der Waals surface area contributed by atoms with Gasteiger partial charge >= 0.3 is 0 Å². The normalized spacial score (nSPS) is 16.8. The number of rotatable bonds is 14. The van der Waals surface area contributed by atoms with Gasteiger partial charge in [-0.25, -0.2) is 0 Å². The third-order valence-electron chi connectivity index (χ3n) is 5.76. The predicted molar refractivity (Wildman–Crippen MR) is 116 cm³/mol. The van der Waals surface area contributed by atoms with Crippen molar-refractivity contribution in [2.75, 3.05) is 19.6 Å². The Bertz CT molecular complexity index is 529. The topological polar surface area (TPSA) is 52.6 Å². The average Bonchev–Trinajstić information content (AvgIpc) is 3.21. The Kier molecular flexibility index (Phi) is 11.2. The summed E-state index contributed by atoms with van der Waals surface area (Å²) in [4.78, 5) is 14.8. The van der Waals surface area contributed by atoms with Gasteiger partial charge in [-0.3, -0.25) is 4.79 Å². The molecular formula is C24H40N2O2. The Balaban J connectivity index is 1.76. The molecule has 2 atom stereocenters. The van der Waals surface area contributed by atoms with Gasteiger partial charge in [0.05, 0.1) is 12.1 Å². The van der Waals surface area contributed by atoms with Crippen LogP contribution in [-0.4, -0.2) is 47.7 Å². The van der Waals surface area contributed by atoms with E-state index >= 15 is 0 Å². The molecule has 0 unspecified atom stereocenters. The van der Waals surface area contributed by atoms with E-state index in [0.717, 1.165) is 38.0 Å². The second-order valence-corrected chi connectivity index (χ2v) is 8.31. The van der Waals surface area contributed by atoms with Crippen molar-refractivity contribution in [1.29, 1.82) is 0 Å². The van der Waals surface area contributed by atoms with Crippen LogP contribution in [0.2, 0.25) is 0 Å². The highest BCUT2D eigenvalue weighted by molar-refractivity contribution is 5.76. The smallest absolute Gasteiger partial charge is 0.220 e. The summed E-state index contributed by atoms with van der Waals surface area (Å²) in [7, 11) is 0. The largest absolute Gasteiger partial charge is 0.391 e. The van der Waals surface area contributed by atoms with Crippen LogP contribution in [0.5, 0.6) is 0 Å². The highest BCUT2D eigenvalue weighted by Gasteiger charge is 2.25. The molecule has 1 aromatic carbocycles. The van der Waals surface area contributed by atoms with Crippen molar-refractivity contribution >= 4 is 5.91 Å². The number of nitrogens with one attached hydrogen (secondary N) is 1. The number of benzene rings is 1. The van der Waals surface area contributed by atoms with Gasteiger partial charge in [0.25, 0.3) is 0 Å². The van der Waals surface area contributed by atoms with Crippen LogP contribution in [-0.2, 0) is 11.2 Å². The van der Waals surface area contributed by atoms with Crippen LogP contribution < -0.4 is 5.32 Å². The summed E-state index contributed by atoms with van der Waals surface area (Å²) in [6.07, 6.45) is 11.5. The minimum Gasteiger partial charge on any atom is -0.391 e. The van der Waals surface area contributed by atoms with Crippen molar-refractivity contribution in [2.45, 2.75) is 89.7 Å². The average molecular weight is 389 g/mol. The molecule has 0 radical (unpaired) electrons. The van der Waals surface area contributed by atoms with Gasteiger partial charge in [-0.05, 0) is 37.9 Å². The van der Waals surface area contributed by atoms with E-state index in [2.05, 4.69) is 17.1 Å². The number of likely N-dealkylation sites (tertiary alicyclic amines) is 1. The lowest BCUT2D eigenvalue weighted by Crippen LogP contribution is -2.50. The number of hydrogen-bond donors (Lipinski definition) is 2. The summed E-state index contributed by atoms with van der Waals surface area (Å²) in [6.45, 7) is 5.12. The zero-order chi connectivity index (χ0) is 20.0. The Morgan fingerprint density at radius 1 is 1.04 bits per heavy atom. The lowest BCUT2D eigenvalue weighted by Gasteiger charge is -2.28. The monoisotopic (exact) mass is 388 g/mol. The molecule has 1 aliphatic rings. The number of hydrogen-bond acceptors (Lipinski definition) is 3. The van der Waals surface area contributed by atoms with E-state index in [0.29, 0.717) is 12.8 Å². The van der Waals surface area contributed by atoms with E-state index in [4.69, 9.17) is 0 Å². The first-order valence-corrected chi connectivity index (χ1v) is 11.4. The minimum absolute atomic E-state index is 0.0878. The second-order valence-electron chi connectivity index (χ2n) is 8.31. The number of nitrogens with zero attached hydrogens (tertiary/aromatic N) is 1. The van der Waals surface area contributed by atoms with Crippen molar-refractivity contribution in [1.82, 2.24) is 10.2 Å². The van der Waals surface area contributed by atoms with Crippen molar-refractivity contribution in [2.24, 2.45) is 0 Å².